The summed E-state index contributed by atoms with van der Waals surface area (Å²) < 4.78 is 12.3. The molecule has 1 saturated heterocycles. The fourth-order valence-electron chi connectivity index (χ4n) is 9.06. The van der Waals surface area contributed by atoms with Crippen LogP contribution in [0.15, 0.2) is 71.7 Å². The first kappa shape index (κ1) is 41.9. The molecular formula is C45H47ClN8O6. The first-order valence-corrected chi connectivity index (χ1v) is 20.5. The first-order valence-electron chi connectivity index (χ1n) is 20.1. The molecule has 1 saturated carbocycles. The summed E-state index contributed by atoms with van der Waals surface area (Å²) in [6, 6.07) is 20.1. The van der Waals surface area contributed by atoms with E-state index in [1.807, 2.05) is 18.2 Å². The van der Waals surface area contributed by atoms with E-state index in [1.54, 1.807) is 30.5 Å². The summed E-state index contributed by atoms with van der Waals surface area (Å²) in [4.78, 5) is 64.2. The number of imide groups is 1. The van der Waals surface area contributed by atoms with E-state index in [2.05, 4.69) is 58.8 Å². The molecule has 0 atom stereocenters. The zero-order chi connectivity index (χ0) is 42.8. The zero-order valence-corrected chi connectivity index (χ0v) is 34.8. The van der Waals surface area contributed by atoms with Crippen LogP contribution in [0.2, 0.25) is 5.02 Å². The van der Waals surface area contributed by atoms with Gasteiger partial charge in [-0.3, -0.25) is 24.1 Å². The van der Waals surface area contributed by atoms with Crippen LogP contribution in [0, 0.1) is 39.4 Å². The van der Waals surface area contributed by atoms with Gasteiger partial charge < -0.3 is 24.7 Å². The number of fused-ring (bicyclic) bond motifs is 1. The average molecular weight is 831 g/mol. The van der Waals surface area contributed by atoms with E-state index in [-0.39, 0.29) is 51.3 Å². The van der Waals surface area contributed by atoms with Crippen molar-refractivity contribution in [2.24, 2.45) is 16.7 Å². The Labute approximate surface area is 353 Å². The maximum Gasteiger partial charge on any atom is 0.273 e. The van der Waals surface area contributed by atoms with Crippen molar-refractivity contribution in [1.82, 2.24) is 20.2 Å². The lowest BCUT2D eigenvalue weighted by atomic mass is 9.45. The third kappa shape index (κ3) is 8.31. The van der Waals surface area contributed by atoms with Crippen LogP contribution < -0.4 is 30.1 Å². The molecule has 0 spiro atoms. The molecule has 3 amide bonds. The number of H-pyrrole nitrogens is 1. The average Bonchev–Trinajstić information content (AvgIpc) is 3.48. The summed E-state index contributed by atoms with van der Waals surface area (Å²) in [7, 11) is 0. The van der Waals surface area contributed by atoms with Crippen molar-refractivity contribution in [3.63, 3.8) is 0 Å². The molecule has 2 aromatic carbocycles. The van der Waals surface area contributed by atoms with Gasteiger partial charge in [-0.1, -0.05) is 39.3 Å². The van der Waals surface area contributed by atoms with E-state index in [9.17, 15) is 24.4 Å². The van der Waals surface area contributed by atoms with E-state index in [4.69, 9.17) is 26.3 Å². The largest absolute Gasteiger partial charge is 0.494 e. The Balaban J connectivity index is 0.800. The van der Waals surface area contributed by atoms with Gasteiger partial charge in [0.05, 0.1) is 33.9 Å². The number of hydrogen-bond donors (Lipinski definition) is 2. The van der Waals surface area contributed by atoms with Crippen molar-refractivity contribution in [3.05, 3.63) is 110 Å². The van der Waals surface area contributed by atoms with Crippen LogP contribution in [0.4, 0.5) is 11.5 Å². The fourth-order valence-corrected chi connectivity index (χ4v) is 9.27. The molecule has 2 N–H and O–H groups in total. The molecule has 0 unspecified atom stereocenters. The van der Waals surface area contributed by atoms with Crippen LogP contribution in [-0.4, -0.2) is 84.6 Å². The van der Waals surface area contributed by atoms with E-state index >= 15 is 0 Å². The van der Waals surface area contributed by atoms with Crippen molar-refractivity contribution in [1.29, 1.82) is 10.5 Å². The van der Waals surface area contributed by atoms with Gasteiger partial charge in [0.2, 0.25) is 0 Å². The Morgan fingerprint density at radius 3 is 2.28 bits per heavy atom. The van der Waals surface area contributed by atoms with Gasteiger partial charge >= 0.3 is 0 Å². The number of nitriles is 2. The number of hydrogen-bond acceptors (Lipinski definition) is 11. The van der Waals surface area contributed by atoms with Crippen LogP contribution in [-0.2, 0) is 0 Å². The molecule has 0 bridgehead atoms. The highest BCUT2D eigenvalue weighted by atomic mass is 35.5. The summed E-state index contributed by atoms with van der Waals surface area (Å²) in [6.45, 7) is 14.0. The van der Waals surface area contributed by atoms with Crippen LogP contribution in [0.3, 0.4) is 0 Å². The van der Waals surface area contributed by atoms with Crippen molar-refractivity contribution in [2.45, 2.75) is 53.1 Å². The van der Waals surface area contributed by atoms with Crippen molar-refractivity contribution in [3.8, 4) is 23.6 Å². The van der Waals surface area contributed by atoms with Gasteiger partial charge in [0.25, 0.3) is 23.3 Å². The second kappa shape index (κ2) is 17.2. The monoisotopic (exact) mass is 830 g/mol. The van der Waals surface area contributed by atoms with Crippen LogP contribution in [0.1, 0.15) is 89.3 Å². The number of aromatic amines is 1. The van der Waals surface area contributed by atoms with Crippen molar-refractivity contribution >= 4 is 40.8 Å². The topological polar surface area (TPSA) is 185 Å². The van der Waals surface area contributed by atoms with Crippen LogP contribution in [0.25, 0.3) is 0 Å². The number of nitrogens with zero attached hydrogens (tertiary/aromatic N) is 6. The van der Waals surface area contributed by atoms with Gasteiger partial charge in [-0.2, -0.15) is 10.5 Å². The second-order valence-electron chi connectivity index (χ2n) is 16.7. The minimum atomic E-state index is -0.696. The predicted molar refractivity (Wildman–Crippen MR) is 226 cm³/mol. The molecule has 2 aromatic heterocycles. The number of pyridine rings is 2. The standard InChI is InChI=1S/C45H47ClN8O6/c1-44(2)37(45(3,4)43(44)60-32-11-8-28(24-47)35(46)23-32)27-50-39(55)29-9-15-38(49-26-29)53-19-17-52(18-20-53)16-6-5-7-21-59-31-12-13-33-34(22-31)42(58)54(41(33)57)36-14-10-30(25-48)51-40(36)56/h8-15,22-23,26,37,43H,5-7,16-21,27H2,1-4H3,(H,50,55)(H,51,56). The number of amides is 3. The smallest absolute Gasteiger partial charge is 0.273 e. The Hall–Kier alpha value is -6.22. The first-order chi connectivity index (χ1) is 28.7. The number of ether oxygens (including phenoxy) is 2. The molecule has 2 aliphatic heterocycles. The minimum Gasteiger partial charge on any atom is -0.494 e. The molecular weight excluding hydrogens is 784 g/mol. The van der Waals surface area contributed by atoms with Crippen molar-refractivity contribution < 1.29 is 23.9 Å². The molecule has 2 fully saturated rings. The lowest BCUT2D eigenvalue weighted by Crippen LogP contribution is -2.68. The van der Waals surface area contributed by atoms with E-state index in [0.717, 1.165) is 62.7 Å². The number of aromatic nitrogens is 2. The summed E-state index contributed by atoms with van der Waals surface area (Å²) in [5, 5.41) is 21.7. The number of anilines is 2. The number of unbranched alkanes of at least 4 members (excludes halogenated alkanes) is 2. The van der Waals surface area contributed by atoms with E-state index < -0.39 is 17.4 Å². The molecule has 15 heteroatoms. The molecule has 0 radical (unpaired) electrons. The lowest BCUT2D eigenvalue weighted by Gasteiger charge is -2.63. The lowest BCUT2D eigenvalue weighted by molar-refractivity contribution is -0.195. The number of benzene rings is 2. The Kier molecular flexibility index (Phi) is 12.0. The summed E-state index contributed by atoms with van der Waals surface area (Å²) in [5.41, 5.74) is 0.0287. The normalized spacial score (nSPS) is 19.2. The summed E-state index contributed by atoms with van der Waals surface area (Å²) >= 11 is 6.24. The molecule has 3 aliphatic rings. The Morgan fingerprint density at radius 2 is 1.62 bits per heavy atom. The highest BCUT2D eigenvalue weighted by Crippen LogP contribution is 2.60. The molecule has 60 heavy (non-hydrogen) atoms. The van der Waals surface area contributed by atoms with Gasteiger partial charge in [-0.25, -0.2) is 9.88 Å². The molecule has 7 rings (SSSR count). The Bertz CT molecular complexity index is 2430. The quantitative estimate of drug-likeness (QED) is 0.109. The van der Waals surface area contributed by atoms with E-state index in [1.165, 1.54) is 24.3 Å². The third-order valence-corrected chi connectivity index (χ3v) is 12.4. The highest BCUT2D eigenvalue weighted by molar-refractivity contribution is 6.34. The molecule has 4 heterocycles. The SMILES string of the molecule is CC1(C)C(CNC(=O)c2ccc(N3CCN(CCCCCOc4ccc5c(c4)C(=O)N(c4ccc(C#N)[nH]c4=O)C5=O)CC3)nc2)C(C)(C)C1Oc1ccc(C#N)c(Cl)c1. The van der Waals surface area contributed by atoms with Gasteiger partial charge in [0.1, 0.15) is 46.9 Å². The number of carbonyl (C=O) groups is 3. The second-order valence-corrected chi connectivity index (χ2v) is 17.1. The predicted octanol–water partition coefficient (Wildman–Crippen LogP) is 6.20. The van der Waals surface area contributed by atoms with Crippen LogP contribution >= 0.6 is 11.6 Å². The number of piperazine rings is 1. The summed E-state index contributed by atoms with van der Waals surface area (Å²) in [6.07, 6.45) is 4.32. The molecule has 14 nitrogen and oxygen atoms in total. The maximum atomic E-state index is 13.2. The van der Waals surface area contributed by atoms with Gasteiger partial charge in [-0.15, -0.1) is 0 Å². The number of nitrogens with one attached hydrogen (secondary N) is 2. The number of carbonyl (C=O) groups excluding carboxylic acids is 3. The molecule has 1 aliphatic carbocycles. The molecule has 4 aromatic rings. The van der Waals surface area contributed by atoms with Crippen molar-refractivity contribution in [2.75, 3.05) is 55.7 Å². The minimum absolute atomic E-state index is 0.0324. The summed E-state index contributed by atoms with van der Waals surface area (Å²) in [5.74, 6) is 0.720. The Morgan fingerprint density at radius 1 is 0.883 bits per heavy atom. The number of rotatable bonds is 14. The third-order valence-electron chi connectivity index (χ3n) is 12.1. The van der Waals surface area contributed by atoms with Crippen LogP contribution in [0.5, 0.6) is 11.5 Å². The van der Waals surface area contributed by atoms with Gasteiger partial charge in [0.15, 0.2) is 0 Å². The molecule has 310 valence electrons. The van der Waals surface area contributed by atoms with Gasteiger partial charge in [0, 0.05) is 55.8 Å². The zero-order valence-electron chi connectivity index (χ0n) is 34.1. The highest BCUT2D eigenvalue weighted by Gasteiger charge is 2.63. The van der Waals surface area contributed by atoms with E-state index in [0.29, 0.717) is 40.8 Å². The van der Waals surface area contributed by atoms with Gasteiger partial charge in [-0.05, 0) is 86.3 Å². The number of halogens is 1. The fraction of sp³-hybridized carbons (Fsp3) is 0.400. The maximum absolute atomic E-state index is 13.2.